The maximum atomic E-state index is 5.46. The lowest BCUT2D eigenvalue weighted by Crippen LogP contribution is -2.26. The number of benzene rings is 3. The summed E-state index contributed by atoms with van der Waals surface area (Å²) in [4.78, 5) is 0. The van der Waals surface area contributed by atoms with E-state index >= 15 is 0 Å². The predicted molar refractivity (Wildman–Crippen MR) is 142 cm³/mol. The van der Waals surface area contributed by atoms with Crippen LogP contribution < -0.4 is 9.47 Å². The number of allylic oxidation sites excluding steroid dienone is 2. The van der Waals surface area contributed by atoms with E-state index in [1.54, 1.807) is 25.4 Å². The highest BCUT2D eigenvalue weighted by molar-refractivity contribution is 5.96. The SMILES string of the molecule is COc1ccc(C2=C(c3ccc(OC)cc3)C3(CC2)CCC(c2ccc(C)cc2C)CC3)cc1. The van der Waals surface area contributed by atoms with E-state index in [1.165, 1.54) is 59.9 Å². The molecule has 0 unspecified atom stereocenters. The van der Waals surface area contributed by atoms with Gasteiger partial charge in [0.15, 0.2) is 0 Å². The summed E-state index contributed by atoms with van der Waals surface area (Å²) in [6.45, 7) is 4.48. The smallest absolute Gasteiger partial charge is 0.118 e. The average molecular weight is 453 g/mol. The Balaban J connectivity index is 1.51. The molecule has 0 saturated heterocycles. The first kappa shape index (κ1) is 22.8. The molecule has 2 heteroatoms. The summed E-state index contributed by atoms with van der Waals surface area (Å²) in [6, 6.07) is 24.4. The molecule has 3 aromatic carbocycles. The van der Waals surface area contributed by atoms with Crippen LogP contribution in [0.3, 0.4) is 0 Å². The van der Waals surface area contributed by atoms with Gasteiger partial charge in [0.25, 0.3) is 0 Å². The molecule has 2 aliphatic rings. The molecule has 34 heavy (non-hydrogen) atoms. The maximum Gasteiger partial charge on any atom is 0.118 e. The number of aryl methyl sites for hydroxylation is 2. The van der Waals surface area contributed by atoms with Gasteiger partial charge in [-0.15, -0.1) is 0 Å². The predicted octanol–water partition coefficient (Wildman–Crippen LogP) is 8.37. The Labute approximate surface area is 204 Å². The summed E-state index contributed by atoms with van der Waals surface area (Å²) in [5.74, 6) is 2.51. The van der Waals surface area contributed by atoms with E-state index in [4.69, 9.17) is 9.47 Å². The van der Waals surface area contributed by atoms with Gasteiger partial charge in [-0.25, -0.2) is 0 Å². The van der Waals surface area contributed by atoms with Gasteiger partial charge in [-0.3, -0.25) is 0 Å². The first-order chi connectivity index (χ1) is 16.5. The summed E-state index contributed by atoms with van der Waals surface area (Å²) < 4.78 is 10.9. The van der Waals surface area contributed by atoms with Crippen molar-refractivity contribution in [2.75, 3.05) is 14.2 Å². The van der Waals surface area contributed by atoms with Gasteiger partial charge in [-0.05, 0) is 121 Å². The highest BCUT2D eigenvalue weighted by atomic mass is 16.5. The lowest BCUT2D eigenvalue weighted by Gasteiger charge is -2.40. The lowest BCUT2D eigenvalue weighted by atomic mass is 9.64. The fraction of sp³-hybridized carbons (Fsp3) is 0.375. The Morgan fingerprint density at radius 3 is 1.85 bits per heavy atom. The Kier molecular flexibility index (Phi) is 6.25. The summed E-state index contributed by atoms with van der Waals surface area (Å²) in [5, 5.41) is 0. The van der Waals surface area contributed by atoms with Gasteiger partial charge in [-0.1, -0.05) is 48.0 Å². The Hall–Kier alpha value is -3.00. The van der Waals surface area contributed by atoms with Gasteiger partial charge in [0.1, 0.15) is 11.5 Å². The molecule has 0 heterocycles. The van der Waals surface area contributed by atoms with Crippen molar-refractivity contribution in [1.29, 1.82) is 0 Å². The van der Waals surface area contributed by atoms with Gasteiger partial charge in [-0.2, -0.15) is 0 Å². The Morgan fingerprint density at radius 1 is 0.706 bits per heavy atom. The topological polar surface area (TPSA) is 18.5 Å². The van der Waals surface area contributed by atoms with Crippen LogP contribution in [0.5, 0.6) is 11.5 Å². The number of hydrogen-bond donors (Lipinski definition) is 0. The van der Waals surface area contributed by atoms with E-state index in [9.17, 15) is 0 Å². The van der Waals surface area contributed by atoms with E-state index in [0.29, 0.717) is 5.92 Å². The molecule has 0 aromatic heterocycles. The maximum absolute atomic E-state index is 5.46. The lowest BCUT2D eigenvalue weighted by molar-refractivity contribution is 0.244. The molecule has 3 aromatic rings. The number of rotatable bonds is 5. The van der Waals surface area contributed by atoms with Crippen LogP contribution in [0.15, 0.2) is 66.7 Å². The van der Waals surface area contributed by atoms with Crippen molar-refractivity contribution in [2.24, 2.45) is 5.41 Å². The molecule has 1 spiro atoms. The van der Waals surface area contributed by atoms with Crippen molar-refractivity contribution in [2.45, 2.75) is 58.3 Å². The van der Waals surface area contributed by atoms with Crippen LogP contribution in [0, 0.1) is 19.3 Å². The first-order valence-electron chi connectivity index (χ1n) is 12.6. The Bertz CT molecular complexity index is 1180. The molecule has 0 N–H and O–H groups in total. The monoisotopic (exact) mass is 452 g/mol. The van der Waals surface area contributed by atoms with E-state index in [2.05, 4.69) is 80.6 Å². The van der Waals surface area contributed by atoms with Crippen LogP contribution in [-0.4, -0.2) is 14.2 Å². The van der Waals surface area contributed by atoms with Crippen molar-refractivity contribution in [3.05, 3.63) is 94.5 Å². The Morgan fingerprint density at radius 2 is 1.29 bits per heavy atom. The van der Waals surface area contributed by atoms with Gasteiger partial charge in [0.05, 0.1) is 14.2 Å². The summed E-state index contributed by atoms with van der Waals surface area (Å²) >= 11 is 0. The van der Waals surface area contributed by atoms with Crippen molar-refractivity contribution in [1.82, 2.24) is 0 Å². The first-order valence-corrected chi connectivity index (χ1v) is 12.6. The average Bonchev–Trinajstić information content (AvgIpc) is 3.23. The largest absolute Gasteiger partial charge is 0.497 e. The van der Waals surface area contributed by atoms with Crippen LogP contribution in [0.1, 0.15) is 72.3 Å². The second kappa shape index (κ2) is 9.33. The minimum atomic E-state index is 0.263. The molecule has 2 aliphatic carbocycles. The minimum Gasteiger partial charge on any atom is -0.497 e. The second-order valence-corrected chi connectivity index (χ2v) is 10.2. The van der Waals surface area contributed by atoms with E-state index < -0.39 is 0 Å². The van der Waals surface area contributed by atoms with Crippen LogP contribution in [-0.2, 0) is 0 Å². The van der Waals surface area contributed by atoms with Gasteiger partial charge in [0.2, 0.25) is 0 Å². The highest BCUT2D eigenvalue weighted by Crippen LogP contribution is 2.60. The summed E-state index contributed by atoms with van der Waals surface area (Å²) in [6.07, 6.45) is 7.42. The standard InChI is InChI=1S/C32H36O2/c1-22-5-14-29(23(2)21-22)25-15-18-32(19-16-25)20-17-30(24-6-10-27(33-3)11-7-24)31(32)26-8-12-28(34-4)13-9-26/h5-14,21,25H,15-20H2,1-4H3. The molecule has 0 radical (unpaired) electrons. The molecule has 2 nitrogen and oxygen atoms in total. The zero-order valence-electron chi connectivity index (χ0n) is 21.0. The number of hydrogen-bond acceptors (Lipinski definition) is 2. The molecule has 1 saturated carbocycles. The van der Waals surface area contributed by atoms with Crippen LogP contribution in [0.2, 0.25) is 0 Å². The quantitative estimate of drug-likeness (QED) is 0.387. The molecular formula is C32H36O2. The molecule has 0 amide bonds. The van der Waals surface area contributed by atoms with Crippen LogP contribution >= 0.6 is 0 Å². The molecular weight excluding hydrogens is 416 g/mol. The number of ether oxygens (including phenoxy) is 2. The third-order valence-electron chi connectivity index (χ3n) is 8.31. The minimum absolute atomic E-state index is 0.263. The van der Waals surface area contributed by atoms with E-state index in [-0.39, 0.29) is 5.41 Å². The second-order valence-electron chi connectivity index (χ2n) is 10.2. The van der Waals surface area contributed by atoms with E-state index in [1.807, 2.05) is 0 Å². The van der Waals surface area contributed by atoms with Crippen molar-refractivity contribution >= 4 is 11.1 Å². The molecule has 5 rings (SSSR count). The zero-order chi connectivity index (χ0) is 23.7. The van der Waals surface area contributed by atoms with Gasteiger partial charge in [0, 0.05) is 0 Å². The molecule has 0 aliphatic heterocycles. The van der Waals surface area contributed by atoms with Gasteiger partial charge < -0.3 is 9.47 Å². The van der Waals surface area contributed by atoms with E-state index in [0.717, 1.165) is 17.9 Å². The normalized spacial score (nSPS) is 22.3. The fourth-order valence-electron chi connectivity index (χ4n) is 6.52. The fourth-order valence-corrected chi connectivity index (χ4v) is 6.52. The highest BCUT2D eigenvalue weighted by Gasteiger charge is 2.44. The molecule has 1 fully saturated rings. The molecule has 0 bridgehead atoms. The van der Waals surface area contributed by atoms with Crippen molar-refractivity contribution in [3.63, 3.8) is 0 Å². The van der Waals surface area contributed by atoms with Gasteiger partial charge >= 0.3 is 0 Å². The number of methoxy groups -OCH3 is 2. The van der Waals surface area contributed by atoms with Crippen molar-refractivity contribution in [3.8, 4) is 11.5 Å². The molecule has 0 atom stereocenters. The zero-order valence-corrected chi connectivity index (χ0v) is 21.0. The third kappa shape index (κ3) is 4.15. The van der Waals surface area contributed by atoms with Crippen molar-refractivity contribution < 1.29 is 9.47 Å². The summed E-state index contributed by atoms with van der Waals surface area (Å²) in [5.41, 5.74) is 10.4. The molecule has 176 valence electrons. The van der Waals surface area contributed by atoms with Crippen LogP contribution in [0.4, 0.5) is 0 Å². The van der Waals surface area contributed by atoms with Crippen LogP contribution in [0.25, 0.3) is 11.1 Å². The third-order valence-corrected chi connectivity index (χ3v) is 8.31. The summed E-state index contributed by atoms with van der Waals surface area (Å²) in [7, 11) is 3.47.